The van der Waals surface area contributed by atoms with E-state index in [0.29, 0.717) is 0 Å². The maximum Gasteiger partial charge on any atom is 0.191 e. The number of anilines is 1. The molecule has 0 atom stereocenters. The number of hydrogen-bond donors (Lipinski definition) is 2. The molecule has 2 aliphatic heterocycles. The zero-order valence-electron chi connectivity index (χ0n) is 19.1. The summed E-state index contributed by atoms with van der Waals surface area (Å²) in [6, 6.07) is 4.33. The first kappa shape index (κ1) is 25.2. The quantitative estimate of drug-likeness (QED) is 0.245. The first-order valence-corrected chi connectivity index (χ1v) is 11.5. The van der Waals surface area contributed by atoms with Crippen LogP contribution in [0, 0.1) is 11.8 Å². The molecule has 3 rings (SSSR count). The van der Waals surface area contributed by atoms with E-state index < -0.39 is 0 Å². The summed E-state index contributed by atoms with van der Waals surface area (Å²) in [5.74, 6) is 3.72. The molecule has 1 aromatic heterocycles. The highest BCUT2D eigenvalue weighted by Gasteiger charge is 2.17. The van der Waals surface area contributed by atoms with Crippen LogP contribution in [-0.4, -0.2) is 62.2 Å². The Morgan fingerprint density at radius 1 is 1.03 bits per heavy atom. The predicted molar refractivity (Wildman–Crippen MR) is 138 cm³/mol. The third-order valence-electron chi connectivity index (χ3n) is 6.42. The Kier molecular flexibility index (Phi) is 11.2. The van der Waals surface area contributed by atoms with Gasteiger partial charge in [-0.25, -0.2) is 4.98 Å². The molecule has 2 fully saturated rings. The van der Waals surface area contributed by atoms with Gasteiger partial charge in [0.05, 0.1) is 0 Å². The number of halogens is 1. The monoisotopic (exact) mass is 528 g/mol. The van der Waals surface area contributed by atoms with E-state index in [-0.39, 0.29) is 24.0 Å². The molecule has 2 N–H and O–H groups in total. The number of likely N-dealkylation sites (tertiary alicyclic amines) is 1. The molecule has 0 saturated carbocycles. The number of nitrogens with one attached hydrogen (secondary N) is 2. The topological polar surface area (TPSA) is 55.8 Å². The van der Waals surface area contributed by atoms with E-state index >= 15 is 0 Å². The zero-order chi connectivity index (χ0) is 20.5. The van der Waals surface area contributed by atoms with Crippen LogP contribution >= 0.6 is 24.0 Å². The van der Waals surface area contributed by atoms with E-state index in [1.807, 2.05) is 13.2 Å². The van der Waals surface area contributed by atoms with Crippen LogP contribution in [0.1, 0.15) is 51.5 Å². The average Bonchev–Trinajstić information content (AvgIpc) is 2.75. The van der Waals surface area contributed by atoms with Crippen LogP contribution in [0.15, 0.2) is 23.3 Å². The number of rotatable bonds is 7. The SMILES string of the molecule is CN=C(NCCCN1CCC(C)CC1)NCc1ccc(N2CCC(C)CC2)nc1.I. The third-order valence-corrected chi connectivity index (χ3v) is 6.42. The molecular formula is C23H41IN6. The van der Waals surface area contributed by atoms with Crippen LogP contribution in [0.4, 0.5) is 5.82 Å². The number of nitrogens with zero attached hydrogens (tertiary/aromatic N) is 4. The molecule has 2 aliphatic rings. The van der Waals surface area contributed by atoms with Crippen LogP contribution in [-0.2, 0) is 6.54 Å². The van der Waals surface area contributed by atoms with Crippen molar-refractivity contribution in [2.75, 3.05) is 51.2 Å². The molecule has 3 heterocycles. The molecule has 1 aromatic rings. The minimum Gasteiger partial charge on any atom is -0.357 e. The maximum atomic E-state index is 4.68. The van der Waals surface area contributed by atoms with E-state index in [1.165, 1.54) is 50.9 Å². The highest BCUT2D eigenvalue weighted by molar-refractivity contribution is 14.0. The second-order valence-corrected chi connectivity index (χ2v) is 8.92. The largest absolute Gasteiger partial charge is 0.357 e. The van der Waals surface area contributed by atoms with Crippen LogP contribution in [0.3, 0.4) is 0 Å². The highest BCUT2D eigenvalue weighted by atomic mass is 127. The van der Waals surface area contributed by atoms with Crippen LogP contribution < -0.4 is 15.5 Å². The van der Waals surface area contributed by atoms with Crippen molar-refractivity contribution in [3.8, 4) is 0 Å². The van der Waals surface area contributed by atoms with Crippen molar-refractivity contribution in [3.05, 3.63) is 23.9 Å². The number of aromatic nitrogens is 1. The summed E-state index contributed by atoms with van der Waals surface area (Å²) in [5, 5.41) is 6.85. The van der Waals surface area contributed by atoms with Gasteiger partial charge in [-0.15, -0.1) is 24.0 Å². The second kappa shape index (κ2) is 13.3. The van der Waals surface area contributed by atoms with E-state index in [0.717, 1.165) is 56.2 Å². The van der Waals surface area contributed by atoms with Gasteiger partial charge in [0, 0.05) is 39.4 Å². The van der Waals surface area contributed by atoms with Crippen molar-refractivity contribution in [2.45, 2.75) is 52.5 Å². The minimum absolute atomic E-state index is 0. The fourth-order valence-electron chi connectivity index (χ4n) is 4.15. The first-order chi connectivity index (χ1) is 14.1. The lowest BCUT2D eigenvalue weighted by Crippen LogP contribution is -2.39. The number of hydrogen-bond acceptors (Lipinski definition) is 4. The first-order valence-electron chi connectivity index (χ1n) is 11.5. The van der Waals surface area contributed by atoms with Crippen LogP contribution in [0.2, 0.25) is 0 Å². The molecule has 2 saturated heterocycles. The van der Waals surface area contributed by atoms with Crippen molar-refractivity contribution in [1.82, 2.24) is 20.5 Å². The number of pyridine rings is 1. The molecule has 170 valence electrons. The number of guanidine groups is 1. The van der Waals surface area contributed by atoms with Gasteiger partial charge in [-0.05, 0) is 75.2 Å². The summed E-state index contributed by atoms with van der Waals surface area (Å²) in [4.78, 5) is 14.0. The van der Waals surface area contributed by atoms with Gasteiger partial charge >= 0.3 is 0 Å². The Labute approximate surface area is 200 Å². The lowest BCUT2D eigenvalue weighted by molar-refractivity contribution is 0.191. The van der Waals surface area contributed by atoms with Crippen molar-refractivity contribution < 1.29 is 0 Å². The summed E-state index contributed by atoms with van der Waals surface area (Å²) in [7, 11) is 1.83. The van der Waals surface area contributed by atoms with Gasteiger partial charge in [-0.1, -0.05) is 19.9 Å². The zero-order valence-corrected chi connectivity index (χ0v) is 21.4. The Morgan fingerprint density at radius 3 is 2.30 bits per heavy atom. The molecule has 0 radical (unpaired) electrons. The van der Waals surface area contributed by atoms with Crippen LogP contribution in [0.25, 0.3) is 0 Å². The summed E-state index contributed by atoms with van der Waals surface area (Å²) in [6.45, 7) is 12.3. The molecule has 7 heteroatoms. The number of piperidine rings is 2. The average molecular weight is 529 g/mol. The fraction of sp³-hybridized carbons (Fsp3) is 0.739. The van der Waals surface area contributed by atoms with E-state index in [1.54, 1.807) is 0 Å². The molecule has 6 nitrogen and oxygen atoms in total. The molecule has 0 aliphatic carbocycles. The lowest BCUT2D eigenvalue weighted by Gasteiger charge is -2.31. The van der Waals surface area contributed by atoms with E-state index in [4.69, 9.17) is 0 Å². The molecule has 0 spiro atoms. The highest BCUT2D eigenvalue weighted by Crippen LogP contribution is 2.21. The van der Waals surface area contributed by atoms with Gasteiger partial charge in [0.1, 0.15) is 5.82 Å². The summed E-state index contributed by atoms with van der Waals surface area (Å²) >= 11 is 0. The standard InChI is InChI=1S/C23H40N6.HI/c1-19-7-13-28(14-8-19)12-4-11-25-23(24-3)27-18-21-5-6-22(26-17-21)29-15-9-20(2)10-16-29;/h5-6,17,19-20H,4,7-16,18H2,1-3H3,(H2,24,25,27);1H. The maximum absolute atomic E-state index is 4.68. The van der Waals surface area contributed by atoms with Crippen molar-refractivity contribution in [1.29, 1.82) is 0 Å². The Morgan fingerprint density at radius 2 is 1.70 bits per heavy atom. The van der Waals surface area contributed by atoms with E-state index in [2.05, 4.69) is 56.4 Å². The van der Waals surface area contributed by atoms with Gasteiger partial charge in [0.2, 0.25) is 0 Å². The summed E-state index contributed by atoms with van der Waals surface area (Å²) in [5.41, 5.74) is 1.18. The minimum atomic E-state index is 0. The molecular weight excluding hydrogens is 487 g/mol. The second-order valence-electron chi connectivity index (χ2n) is 8.92. The van der Waals surface area contributed by atoms with Gasteiger partial charge in [0.15, 0.2) is 5.96 Å². The predicted octanol–water partition coefficient (Wildman–Crippen LogP) is 3.72. The van der Waals surface area contributed by atoms with Crippen LogP contribution in [0.5, 0.6) is 0 Å². The van der Waals surface area contributed by atoms with Gasteiger partial charge < -0.3 is 20.4 Å². The van der Waals surface area contributed by atoms with Gasteiger partial charge in [-0.2, -0.15) is 0 Å². The third kappa shape index (κ3) is 8.21. The molecule has 0 unspecified atom stereocenters. The Balaban J connectivity index is 0.00000320. The van der Waals surface area contributed by atoms with Gasteiger partial charge in [-0.3, -0.25) is 4.99 Å². The summed E-state index contributed by atoms with van der Waals surface area (Å²) < 4.78 is 0. The van der Waals surface area contributed by atoms with Crippen molar-refractivity contribution >= 4 is 35.8 Å². The lowest BCUT2D eigenvalue weighted by atomic mass is 9.99. The van der Waals surface area contributed by atoms with Crippen molar-refractivity contribution in [3.63, 3.8) is 0 Å². The Bertz CT molecular complexity index is 619. The van der Waals surface area contributed by atoms with Gasteiger partial charge in [0.25, 0.3) is 0 Å². The molecule has 0 aromatic carbocycles. The van der Waals surface area contributed by atoms with Crippen molar-refractivity contribution in [2.24, 2.45) is 16.8 Å². The smallest absolute Gasteiger partial charge is 0.191 e. The molecule has 0 bridgehead atoms. The Hall–Kier alpha value is -1.09. The molecule has 0 amide bonds. The fourth-order valence-corrected chi connectivity index (χ4v) is 4.15. The normalized spacial score (nSPS) is 19.4. The molecule has 30 heavy (non-hydrogen) atoms. The number of aliphatic imine (C=N–C) groups is 1. The van der Waals surface area contributed by atoms with E-state index in [9.17, 15) is 0 Å². The summed E-state index contributed by atoms with van der Waals surface area (Å²) in [6.07, 6.45) is 8.37.